The lowest BCUT2D eigenvalue weighted by Crippen LogP contribution is -2.15. The molecule has 0 saturated heterocycles. The van der Waals surface area contributed by atoms with Gasteiger partial charge in [0, 0.05) is 0 Å². The molecule has 3 aliphatic carbocycles. The van der Waals surface area contributed by atoms with Crippen molar-refractivity contribution in [3.8, 4) is 0 Å². The second-order valence-corrected chi connectivity index (χ2v) is 4.59. The summed E-state index contributed by atoms with van der Waals surface area (Å²) in [5.41, 5.74) is 0. The van der Waals surface area contributed by atoms with Crippen LogP contribution in [0.5, 0.6) is 0 Å². The van der Waals surface area contributed by atoms with E-state index in [1.807, 2.05) is 0 Å². The van der Waals surface area contributed by atoms with Gasteiger partial charge in [-0.1, -0.05) is 6.42 Å². The van der Waals surface area contributed by atoms with Crippen LogP contribution in [0.2, 0.25) is 0 Å². The van der Waals surface area contributed by atoms with E-state index in [-0.39, 0.29) is 0 Å². The molecule has 0 heterocycles. The SMILES string of the molecule is C1CC2C3CCC(C3)[C@H]2C1. The first-order valence-corrected chi connectivity index (χ1v) is 4.95. The minimum Gasteiger partial charge on any atom is -0.0527 e. The molecule has 0 aromatic heterocycles. The Morgan fingerprint density at radius 2 is 1.30 bits per heavy atom. The van der Waals surface area contributed by atoms with Crippen LogP contribution in [0.1, 0.15) is 38.5 Å². The van der Waals surface area contributed by atoms with E-state index in [1.165, 1.54) is 23.7 Å². The van der Waals surface area contributed by atoms with Gasteiger partial charge in [-0.25, -0.2) is 0 Å². The van der Waals surface area contributed by atoms with Gasteiger partial charge in [0.2, 0.25) is 0 Å². The number of hydrogen-bond donors (Lipinski definition) is 0. The third-order valence-corrected chi connectivity index (χ3v) is 4.35. The van der Waals surface area contributed by atoms with Crippen molar-refractivity contribution in [3.05, 3.63) is 0 Å². The van der Waals surface area contributed by atoms with Crippen molar-refractivity contribution in [1.82, 2.24) is 0 Å². The van der Waals surface area contributed by atoms with Gasteiger partial charge >= 0.3 is 0 Å². The fourth-order valence-corrected chi connectivity index (χ4v) is 4.02. The highest BCUT2D eigenvalue weighted by Crippen LogP contribution is 2.58. The Kier molecular flexibility index (Phi) is 1.00. The summed E-state index contributed by atoms with van der Waals surface area (Å²) in [6.45, 7) is 0. The molecule has 3 rings (SSSR count). The van der Waals surface area contributed by atoms with Crippen LogP contribution in [-0.4, -0.2) is 0 Å². The Labute approximate surface area is 63.0 Å². The van der Waals surface area contributed by atoms with Gasteiger partial charge in [-0.3, -0.25) is 0 Å². The Morgan fingerprint density at radius 1 is 0.700 bits per heavy atom. The average molecular weight is 136 g/mol. The highest BCUT2D eigenvalue weighted by atomic mass is 14.5. The monoisotopic (exact) mass is 136 g/mol. The molecule has 0 aromatic rings. The van der Waals surface area contributed by atoms with Gasteiger partial charge in [0.05, 0.1) is 0 Å². The first kappa shape index (κ1) is 5.62. The maximum atomic E-state index is 1.62. The largest absolute Gasteiger partial charge is 0.0527 e. The van der Waals surface area contributed by atoms with E-state index in [2.05, 4.69) is 0 Å². The molecule has 3 unspecified atom stereocenters. The predicted octanol–water partition coefficient (Wildman–Crippen LogP) is 2.83. The molecule has 0 heteroatoms. The van der Waals surface area contributed by atoms with Gasteiger partial charge in [0.15, 0.2) is 0 Å². The Balaban J connectivity index is 1.92. The maximum Gasteiger partial charge on any atom is -0.0355 e. The molecule has 2 bridgehead atoms. The molecule has 3 saturated carbocycles. The first-order chi connectivity index (χ1) is 4.95. The third-order valence-electron chi connectivity index (χ3n) is 4.35. The number of rotatable bonds is 0. The van der Waals surface area contributed by atoms with Gasteiger partial charge in [-0.2, -0.15) is 0 Å². The summed E-state index contributed by atoms with van der Waals surface area (Å²) in [5, 5.41) is 0. The average Bonchev–Trinajstić information content (AvgIpc) is 2.60. The van der Waals surface area contributed by atoms with Crippen LogP contribution < -0.4 is 0 Å². The molecule has 0 radical (unpaired) electrons. The van der Waals surface area contributed by atoms with E-state index in [0.717, 1.165) is 0 Å². The van der Waals surface area contributed by atoms with E-state index in [4.69, 9.17) is 0 Å². The summed E-state index contributed by atoms with van der Waals surface area (Å²) in [4.78, 5) is 0. The van der Waals surface area contributed by atoms with Crippen LogP contribution in [0.4, 0.5) is 0 Å². The van der Waals surface area contributed by atoms with Crippen molar-refractivity contribution >= 4 is 0 Å². The molecule has 0 N–H and O–H groups in total. The highest BCUT2D eigenvalue weighted by molar-refractivity contribution is 4.98. The second kappa shape index (κ2) is 1.78. The molecule has 0 spiro atoms. The summed E-state index contributed by atoms with van der Waals surface area (Å²) in [5.74, 6) is 4.80. The molecular formula is C10H16. The fourth-order valence-electron chi connectivity index (χ4n) is 4.02. The Hall–Kier alpha value is 0. The lowest BCUT2D eigenvalue weighted by atomic mass is 9.82. The summed E-state index contributed by atoms with van der Waals surface area (Å²) >= 11 is 0. The van der Waals surface area contributed by atoms with Crippen LogP contribution in [0.15, 0.2) is 0 Å². The smallest absolute Gasteiger partial charge is 0.0355 e. The van der Waals surface area contributed by atoms with Gasteiger partial charge in [0.1, 0.15) is 0 Å². The normalized spacial score (nSPS) is 57.6. The van der Waals surface area contributed by atoms with E-state index in [9.17, 15) is 0 Å². The van der Waals surface area contributed by atoms with E-state index in [0.29, 0.717) is 0 Å². The minimum absolute atomic E-state index is 1.19. The molecule has 56 valence electrons. The summed E-state index contributed by atoms with van der Waals surface area (Å²) in [7, 11) is 0. The van der Waals surface area contributed by atoms with E-state index in [1.54, 1.807) is 38.5 Å². The maximum absolute atomic E-state index is 1.62. The van der Waals surface area contributed by atoms with Crippen molar-refractivity contribution in [2.24, 2.45) is 23.7 Å². The van der Waals surface area contributed by atoms with Gasteiger partial charge < -0.3 is 0 Å². The van der Waals surface area contributed by atoms with Gasteiger partial charge in [-0.15, -0.1) is 0 Å². The summed E-state index contributed by atoms with van der Waals surface area (Å²) < 4.78 is 0. The zero-order chi connectivity index (χ0) is 6.55. The molecule has 10 heavy (non-hydrogen) atoms. The second-order valence-electron chi connectivity index (χ2n) is 4.59. The topological polar surface area (TPSA) is 0 Å². The van der Waals surface area contributed by atoms with Crippen LogP contribution in [0.25, 0.3) is 0 Å². The van der Waals surface area contributed by atoms with Crippen molar-refractivity contribution < 1.29 is 0 Å². The molecular weight excluding hydrogens is 120 g/mol. The van der Waals surface area contributed by atoms with Crippen LogP contribution in [0, 0.1) is 23.7 Å². The predicted molar refractivity (Wildman–Crippen MR) is 41.7 cm³/mol. The molecule has 0 nitrogen and oxygen atoms in total. The van der Waals surface area contributed by atoms with Crippen molar-refractivity contribution in [3.63, 3.8) is 0 Å². The molecule has 3 aliphatic rings. The first-order valence-electron chi connectivity index (χ1n) is 4.95. The molecule has 3 fully saturated rings. The van der Waals surface area contributed by atoms with E-state index >= 15 is 0 Å². The van der Waals surface area contributed by atoms with Gasteiger partial charge in [0.25, 0.3) is 0 Å². The zero-order valence-corrected chi connectivity index (χ0v) is 6.55. The molecule has 0 aromatic carbocycles. The molecule has 0 amide bonds. The van der Waals surface area contributed by atoms with Crippen molar-refractivity contribution in [2.45, 2.75) is 38.5 Å². The number of hydrogen-bond acceptors (Lipinski definition) is 0. The zero-order valence-electron chi connectivity index (χ0n) is 6.55. The van der Waals surface area contributed by atoms with Crippen molar-refractivity contribution in [2.75, 3.05) is 0 Å². The Bertz CT molecular complexity index is 134. The molecule has 0 aliphatic heterocycles. The van der Waals surface area contributed by atoms with Crippen LogP contribution in [-0.2, 0) is 0 Å². The molecule has 4 atom stereocenters. The number of fused-ring (bicyclic) bond motifs is 5. The Morgan fingerprint density at radius 3 is 1.90 bits per heavy atom. The lowest BCUT2D eigenvalue weighted by Gasteiger charge is -2.23. The minimum atomic E-state index is 1.19. The standard InChI is InChI=1S/C10H16/c1-2-9-7-4-5-8(6-7)10(9)3-1/h7-10H,1-6H2/t7?,8?,9-,10?/m1/s1. The third kappa shape index (κ3) is 0.538. The summed E-state index contributed by atoms with van der Waals surface area (Å²) in [6.07, 6.45) is 9.53. The van der Waals surface area contributed by atoms with Crippen molar-refractivity contribution in [1.29, 1.82) is 0 Å². The van der Waals surface area contributed by atoms with Crippen LogP contribution >= 0.6 is 0 Å². The fraction of sp³-hybridized carbons (Fsp3) is 1.00. The van der Waals surface area contributed by atoms with Crippen LogP contribution in [0.3, 0.4) is 0 Å². The highest BCUT2D eigenvalue weighted by Gasteiger charge is 2.48. The van der Waals surface area contributed by atoms with E-state index < -0.39 is 0 Å². The lowest BCUT2D eigenvalue weighted by molar-refractivity contribution is 0.259. The quantitative estimate of drug-likeness (QED) is 0.480. The summed E-state index contributed by atoms with van der Waals surface area (Å²) in [6, 6.07) is 0. The van der Waals surface area contributed by atoms with Gasteiger partial charge in [-0.05, 0) is 55.8 Å².